The SMILES string of the molecule is O=C(O)CC1(c2ccc(OCC=C(c3ccccc3)c3ccccc3)cc2)COC1. The Morgan fingerprint density at radius 2 is 1.47 bits per heavy atom. The third-order valence-corrected chi connectivity index (χ3v) is 5.42. The van der Waals surface area contributed by atoms with Crippen molar-refractivity contribution in [3.05, 3.63) is 108 Å². The molecule has 3 aromatic rings. The average Bonchev–Trinajstić information content (AvgIpc) is 2.75. The smallest absolute Gasteiger partial charge is 0.304 e. The van der Waals surface area contributed by atoms with Crippen LogP contribution in [0.5, 0.6) is 5.75 Å². The molecule has 0 radical (unpaired) electrons. The summed E-state index contributed by atoms with van der Waals surface area (Å²) in [6.45, 7) is 1.32. The van der Waals surface area contributed by atoms with Gasteiger partial charge in [0.15, 0.2) is 0 Å². The highest BCUT2D eigenvalue weighted by Gasteiger charge is 2.42. The molecule has 0 atom stereocenters. The molecule has 1 saturated heterocycles. The minimum Gasteiger partial charge on any atom is -0.490 e. The first-order valence-corrected chi connectivity index (χ1v) is 10.0. The lowest BCUT2D eigenvalue weighted by atomic mass is 9.76. The Bertz CT molecular complexity index is 962. The maximum Gasteiger partial charge on any atom is 0.304 e. The van der Waals surface area contributed by atoms with Crippen LogP contribution in [0.4, 0.5) is 0 Å². The molecule has 30 heavy (non-hydrogen) atoms. The summed E-state index contributed by atoms with van der Waals surface area (Å²) in [6.07, 6.45) is 2.16. The van der Waals surface area contributed by atoms with Gasteiger partial charge in [0, 0.05) is 0 Å². The van der Waals surface area contributed by atoms with Gasteiger partial charge in [0.2, 0.25) is 0 Å². The van der Waals surface area contributed by atoms with Gasteiger partial charge in [0.05, 0.1) is 25.0 Å². The lowest BCUT2D eigenvalue weighted by Crippen LogP contribution is -2.48. The summed E-state index contributed by atoms with van der Waals surface area (Å²) in [5, 5.41) is 9.20. The fraction of sp³-hybridized carbons (Fsp3) is 0.192. The van der Waals surface area contributed by atoms with Crippen molar-refractivity contribution in [1.82, 2.24) is 0 Å². The highest BCUT2D eigenvalue weighted by molar-refractivity contribution is 5.79. The quantitative estimate of drug-likeness (QED) is 0.582. The molecule has 1 fully saturated rings. The molecule has 1 N–H and O–H groups in total. The van der Waals surface area contributed by atoms with Crippen molar-refractivity contribution in [2.45, 2.75) is 11.8 Å². The Labute approximate surface area is 176 Å². The summed E-state index contributed by atoms with van der Waals surface area (Å²) in [6, 6.07) is 28.2. The van der Waals surface area contributed by atoms with Crippen LogP contribution in [0.2, 0.25) is 0 Å². The first-order valence-electron chi connectivity index (χ1n) is 10.0. The number of carbonyl (C=O) groups is 1. The van der Waals surface area contributed by atoms with Gasteiger partial charge >= 0.3 is 5.97 Å². The molecule has 152 valence electrons. The predicted molar refractivity (Wildman–Crippen MR) is 117 cm³/mol. The Balaban J connectivity index is 1.48. The van der Waals surface area contributed by atoms with Crippen molar-refractivity contribution in [2.75, 3.05) is 19.8 Å². The van der Waals surface area contributed by atoms with Gasteiger partial charge in [0.1, 0.15) is 12.4 Å². The summed E-state index contributed by atoms with van der Waals surface area (Å²) < 4.78 is 11.3. The molecule has 0 bridgehead atoms. The zero-order chi connectivity index (χ0) is 20.8. The molecule has 0 aliphatic carbocycles. The van der Waals surface area contributed by atoms with E-state index in [0.29, 0.717) is 19.8 Å². The molecular weight excluding hydrogens is 376 g/mol. The van der Waals surface area contributed by atoms with E-state index in [9.17, 15) is 9.90 Å². The summed E-state index contributed by atoms with van der Waals surface area (Å²) in [5.74, 6) is -0.0562. The number of carboxylic acid groups (broad SMARTS) is 1. The van der Waals surface area contributed by atoms with Gasteiger partial charge in [-0.1, -0.05) is 72.8 Å². The van der Waals surface area contributed by atoms with E-state index in [2.05, 4.69) is 30.3 Å². The van der Waals surface area contributed by atoms with Gasteiger partial charge in [-0.15, -0.1) is 0 Å². The van der Waals surface area contributed by atoms with Gasteiger partial charge in [-0.05, 0) is 40.5 Å². The second-order valence-corrected chi connectivity index (χ2v) is 7.53. The molecule has 0 aromatic heterocycles. The Kier molecular flexibility index (Phi) is 5.96. The standard InChI is InChI=1S/C26H24O4/c27-25(28)17-26(18-29-19-26)22-11-13-23(14-12-22)30-16-15-24(20-7-3-1-4-8-20)21-9-5-2-6-10-21/h1-15H,16-19H2,(H,27,28). The first-order chi connectivity index (χ1) is 14.7. The van der Waals surface area contributed by atoms with E-state index in [4.69, 9.17) is 9.47 Å². The molecule has 1 aliphatic heterocycles. The van der Waals surface area contributed by atoms with Crippen LogP contribution in [0.15, 0.2) is 91.0 Å². The van der Waals surface area contributed by atoms with Gasteiger partial charge in [-0.25, -0.2) is 0 Å². The second kappa shape index (κ2) is 8.97. The molecule has 1 aliphatic rings. The number of hydrogen-bond acceptors (Lipinski definition) is 3. The van der Waals surface area contributed by atoms with Crippen LogP contribution in [0, 0.1) is 0 Å². The van der Waals surface area contributed by atoms with Crippen molar-refractivity contribution < 1.29 is 19.4 Å². The molecule has 0 amide bonds. The maximum absolute atomic E-state index is 11.2. The molecule has 4 nitrogen and oxygen atoms in total. The lowest BCUT2D eigenvalue weighted by molar-refractivity contribution is -0.145. The first kappa shape index (κ1) is 19.9. The van der Waals surface area contributed by atoms with Crippen molar-refractivity contribution >= 4 is 11.5 Å². The molecule has 3 aromatic carbocycles. The fourth-order valence-corrected chi connectivity index (χ4v) is 3.77. The van der Waals surface area contributed by atoms with E-state index in [0.717, 1.165) is 28.0 Å². The number of ether oxygens (including phenoxy) is 2. The third-order valence-electron chi connectivity index (χ3n) is 5.42. The Hall–Kier alpha value is -3.37. The van der Waals surface area contributed by atoms with Crippen LogP contribution >= 0.6 is 0 Å². The molecule has 4 heteroatoms. The van der Waals surface area contributed by atoms with Crippen molar-refractivity contribution in [3.8, 4) is 5.75 Å². The molecule has 0 spiro atoms. The van der Waals surface area contributed by atoms with Crippen molar-refractivity contribution in [1.29, 1.82) is 0 Å². The monoisotopic (exact) mass is 400 g/mol. The van der Waals surface area contributed by atoms with E-state index in [1.807, 2.05) is 60.7 Å². The predicted octanol–water partition coefficient (Wildman–Crippen LogP) is 4.94. The number of aliphatic carboxylic acids is 1. The summed E-state index contributed by atoms with van der Waals surface area (Å²) in [5.41, 5.74) is 3.97. The van der Waals surface area contributed by atoms with Crippen LogP contribution < -0.4 is 4.74 Å². The maximum atomic E-state index is 11.2. The third kappa shape index (κ3) is 4.44. The highest BCUT2D eigenvalue weighted by Crippen LogP contribution is 2.36. The normalized spacial score (nSPS) is 14.4. The number of benzene rings is 3. The lowest BCUT2D eigenvalue weighted by Gasteiger charge is -2.40. The van der Waals surface area contributed by atoms with Crippen LogP contribution in [0.25, 0.3) is 5.57 Å². The molecular formula is C26H24O4. The van der Waals surface area contributed by atoms with E-state index < -0.39 is 11.4 Å². The summed E-state index contributed by atoms with van der Waals surface area (Å²) in [7, 11) is 0. The number of carboxylic acids is 1. The minimum atomic E-state index is -0.807. The Morgan fingerprint density at radius 3 is 1.93 bits per heavy atom. The molecule has 0 unspecified atom stereocenters. The average molecular weight is 400 g/mol. The largest absolute Gasteiger partial charge is 0.490 e. The fourth-order valence-electron chi connectivity index (χ4n) is 3.77. The van der Waals surface area contributed by atoms with Gasteiger partial charge in [-0.3, -0.25) is 4.79 Å². The van der Waals surface area contributed by atoms with Gasteiger partial charge < -0.3 is 14.6 Å². The topological polar surface area (TPSA) is 55.8 Å². The van der Waals surface area contributed by atoms with Crippen LogP contribution in [0.1, 0.15) is 23.1 Å². The zero-order valence-corrected chi connectivity index (χ0v) is 16.7. The molecule has 1 heterocycles. The summed E-state index contributed by atoms with van der Waals surface area (Å²) in [4.78, 5) is 11.2. The van der Waals surface area contributed by atoms with E-state index >= 15 is 0 Å². The van der Waals surface area contributed by atoms with Crippen molar-refractivity contribution in [3.63, 3.8) is 0 Å². The highest BCUT2D eigenvalue weighted by atomic mass is 16.5. The minimum absolute atomic E-state index is 0.0768. The molecule has 0 saturated carbocycles. The van der Waals surface area contributed by atoms with Gasteiger partial charge in [-0.2, -0.15) is 0 Å². The van der Waals surface area contributed by atoms with Crippen LogP contribution in [0.3, 0.4) is 0 Å². The second-order valence-electron chi connectivity index (χ2n) is 7.53. The molecule has 4 rings (SSSR count). The Morgan fingerprint density at radius 1 is 0.900 bits per heavy atom. The number of rotatable bonds is 8. The number of hydrogen-bond donors (Lipinski definition) is 1. The van der Waals surface area contributed by atoms with E-state index in [1.54, 1.807) is 0 Å². The van der Waals surface area contributed by atoms with Crippen LogP contribution in [-0.2, 0) is 14.9 Å². The van der Waals surface area contributed by atoms with Crippen molar-refractivity contribution in [2.24, 2.45) is 0 Å². The zero-order valence-electron chi connectivity index (χ0n) is 16.7. The van der Waals surface area contributed by atoms with E-state index in [-0.39, 0.29) is 6.42 Å². The van der Waals surface area contributed by atoms with E-state index in [1.165, 1.54) is 0 Å². The van der Waals surface area contributed by atoms with Gasteiger partial charge in [0.25, 0.3) is 0 Å². The summed E-state index contributed by atoms with van der Waals surface area (Å²) >= 11 is 0. The van der Waals surface area contributed by atoms with Crippen LogP contribution in [-0.4, -0.2) is 30.9 Å².